The number of aliphatic hydroxyl groups excluding tert-OH is 3. The van der Waals surface area contributed by atoms with E-state index >= 15 is 0 Å². The van der Waals surface area contributed by atoms with Crippen molar-refractivity contribution in [3.63, 3.8) is 0 Å². The molecule has 0 bridgehead atoms. The van der Waals surface area contributed by atoms with Crippen molar-refractivity contribution >= 4 is 23.3 Å². The maximum Gasteiger partial charge on any atom is 0.308 e. The molecule has 0 spiro atoms. The van der Waals surface area contributed by atoms with Crippen molar-refractivity contribution in [1.82, 2.24) is 0 Å². The number of ether oxygens (including phenoxy) is 1. The van der Waals surface area contributed by atoms with Crippen LogP contribution in [-0.4, -0.2) is 64.1 Å². The molecule has 2 saturated carbocycles. The van der Waals surface area contributed by atoms with Crippen LogP contribution >= 0.6 is 0 Å². The van der Waals surface area contributed by atoms with Crippen LogP contribution in [0.4, 0.5) is 0 Å². The normalized spacial score (nSPS) is 42.8. The number of fused-ring (bicyclic) bond motifs is 4. The number of esters is 1. The van der Waals surface area contributed by atoms with E-state index in [-0.39, 0.29) is 42.7 Å². The lowest BCUT2D eigenvalue weighted by Gasteiger charge is -2.62. The first-order valence-corrected chi connectivity index (χ1v) is 14.4. The number of hydrogen-bond acceptors (Lipinski definition) is 8. The molecule has 218 valence electrons. The largest absolute Gasteiger partial charge is 0.469 e. The lowest BCUT2D eigenvalue weighted by Crippen LogP contribution is -2.64. The van der Waals surface area contributed by atoms with Gasteiger partial charge in [-0.1, -0.05) is 41.5 Å². The van der Waals surface area contributed by atoms with Gasteiger partial charge in [-0.25, -0.2) is 0 Å². The topological polar surface area (TPSA) is 138 Å². The summed E-state index contributed by atoms with van der Waals surface area (Å²) in [5.41, 5.74) is -2.91. The third-order valence-electron chi connectivity index (χ3n) is 11.9. The smallest absolute Gasteiger partial charge is 0.308 e. The van der Waals surface area contributed by atoms with Crippen molar-refractivity contribution in [3.05, 3.63) is 11.1 Å². The van der Waals surface area contributed by atoms with Crippen molar-refractivity contribution in [2.24, 2.45) is 45.3 Å². The summed E-state index contributed by atoms with van der Waals surface area (Å²) in [7, 11) is 1.28. The minimum absolute atomic E-state index is 0.0164. The number of ketones is 3. The maximum atomic E-state index is 14.2. The lowest BCUT2D eigenvalue weighted by molar-refractivity contribution is -0.159. The standard InChI is InChI=1S/C31H46O8/c1-15(11-17(32)12-16(2)27(38)39-8)18-13-22(35)31(7)23-19(33)14-20-28(3,4)21(34)9-10-29(20,5)24(23)25(36)26(37)30(18,31)6/h15-16,18-21,26,33-34,37H,9-14H2,1-8H3/t15-,16+,18+,19-,20+,21-,26+,29-,30-,31-/m0/s1. The zero-order valence-electron chi connectivity index (χ0n) is 24.7. The highest BCUT2D eigenvalue weighted by molar-refractivity contribution is 6.07. The van der Waals surface area contributed by atoms with E-state index in [1.54, 1.807) is 20.8 Å². The van der Waals surface area contributed by atoms with Crippen LogP contribution in [0.15, 0.2) is 11.1 Å². The molecular formula is C31H46O8. The average molecular weight is 547 g/mol. The summed E-state index contributed by atoms with van der Waals surface area (Å²) in [6.07, 6.45) is -1.55. The molecule has 8 heteroatoms. The van der Waals surface area contributed by atoms with Gasteiger partial charge in [-0.05, 0) is 60.3 Å². The molecule has 0 radical (unpaired) electrons. The van der Waals surface area contributed by atoms with Crippen molar-refractivity contribution < 1.29 is 39.2 Å². The fraction of sp³-hybridized carbons (Fsp3) is 0.806. The second kappa shape index (κ2) is 9.59. The highest BCUT2D eigenvalue weighted by Gasteiger charge is 2.73. The molecule has 0 aromatic rings. The Bertz CT molecular complexity index is 1120. The molecular weight excluding hydrogens is 500 g/mol. The first-order valence-electron chi connectivity index (χ1n) is 14.4. The molecule has 0 aromatic carbocycles. The van der Waals surface area contributed by atoms with Gasteiger partial charge in [0.25, 0.3) is 0 Å². The molecule has 8 nitrogen and oxygen atoms in total. The summed E-state index contributed by atoms with van der Waals surface area (Å²) in [6, 6.07) is 0. The third kappa shape index (κ3) is 3.95. The molecule has 0 aliphatic heterocycles. The minimum Gasteiger partial charge on any atom is -0.469 e. The summed E-state index contributed by atoms with van der Waals surface area (Å²) < 4.78 is 4.73. The van der Waals surface area contributed by atoms with Crippen LogP contribution in [0.2, 0.25) is 0 Å². The Morgan fingerprint density at radius 1 is 1.03 bits per heavy atom. The van der Waals surface area contributed by atoms with Crippen LogP contribution in [0.5, 0.6) is 0 Å². The summed E-state index contributed by atoms with van der Waals surface area (Å²) in [5, 5.41) is 34.2. The van der Waals surface area contributed by atoms with Crippen molar-refractivity contribution in [3.8, 4) is 0 Å². The molecule has 39 heavy (non-hydrogen) atoms. The lowest BCUT2D eigenvalue weighted by atomic mass is 9.42. The Morgan fingerprint density at radius 3 is 2.23 bits per heavy atom. The van der Waals surface area contributed by atoms with Crippen molar-refractivity contribution in [2.45, 2.75) is 105 Å². The monoisotopic (exact) mass is 546 g/mol. The Hall–Kier alpha value is -1.90. The van der Waals surface area contributed by atoms with E-state index < -0.39 is 63.6 Å². The molecule has 0 aromatic heterocycles. The van der Waals surface area contributed by atoms with E-state index in [9.17, 15) is 34.5 Å². The van der Waals surface area contributed by atoms with E-state index in [0.717, 1.165) is 0 Å². The quantitative estimate of drug-likeness (QED) is 0.432. The van der Waals surface area contributed by atoms with Crippen LogP contribution in [0.25, 0.3) is 0 Å². The van der Waals surface area contributed by atoms with E-state index in [0.29, 0.717) is 30.4 Å². The molecule has 0 heterocycles. The van der Waals surface area contributed by atoms with Crippen LogP contribution in [-0.2, 0) is 23.9 Å². The van der Waals surface area contributed by atoms with Gasteiger partial charge in [0.1, 0.15) is 17.7 Å². The number of aliphatic hydroxyl groups is 3. The van der Waals surface area contributed by atoms with E-state index in [1.165, 1.54) is 7.11 Å². The van der Waals surface area contributed by atoms with Gasteiger partial charge in [-0.2, -0.15) is 0 Å². The van der Waals surface area contributed by atoms with Gasteiger partial charge >= 0.3 is 5.97 Å². The zero-order valence-corrected chi connectivity index (χ0v) is 24.7. The van der Waals surface area contributed by atoms with Crippen molar-refractivity contribution in [1.29, 1.82) is 0 Å². The van der Waals surface area contributed by atoms with Gasteiger partial charge in [-0.15, -0.1) is 0 Å². The van der Waals surface area contributed by atoms with Gasteiger partial charge < -0.3 is 20.1 Å². The number of Topliss-reactive ketones (excluding diaryl/α,β-unsaturated/α-hetero) is 3. The number of hydrogen-bond donors (Lipinski definition) is 3. The Labute approximate surface area is 231 Å². The summed E-state index contributed by atoms with van der Waals surface area (Å²) in [5.74, 6) is -2.77. The number of methoxy groups -OCH3 is 1. The maximum absolute atomic E-state index is 14.2. The molecule has 0 saturated heterocycles. The highest BCUT2D eigenvalue weighted by Crippen LogP contribution is 2.70. The highest BCUT2D eigenvalue weighted by atomic mass is 16.5. The summed E-state index contributed by atoms with van der Waals surface area (Å²) in [4.78, 5) is 52.9. The van der Waals surface area contributed by atoms with Crippen LogP contribution < -0.4 is 0 Å². The number of carbonyl (C=O) groups excluding carboxylic acids is 4. The Morgan fingerprint density at radius 2 is 1.64 bits per heavy atom. The van der Waals surface area contributed by atoms with E-state index in [1.807, 2.05) is 27.7 Å². The summed E-state index contributed by atoms with van der Waals surface area (Å²) in [6.45, 7) is 12.9. The molecule has 10 atom stereocenters. The number of carbonyl (C=O) groups is 4. The van der Waals surface area contributed by atoms with E-state index in [4.69, 9.17) is 4.74 Å². The fourth-order valence-electron chi connectivity index (χ4n) is 9.33. The molecule has 0 amide bonds. The molecule has 4 rings (SSSR count). The molecule has 2 fully saturated rings. The molecule has 3 N–H and O–H groups in total. The first-order chi connectivity index (χ1) is 17.9. The van der Waals surface area contributed by atoms with Crippen LogP contribution in [0.1, 0.15) is 87.0 Å². The second-order valence-corrected chi connectivity index (χ2v) is 14.1. The molecule has 4 aliphatic carbocycles. The fourth-order valence-corrected chi connectivity index (χ4v) is 9.33. The predicted octanol–water partition coefficient (Wildman–Crippen LogP) is 3.19. The van der Waals surface area contributed by atoms with Gasteiger partial charge in [0.05, 0.1) is 30.7 Å². The zero-order chi connectivity index (χ0) is 29.5. The molecule has 0 unspecified atom stereocenters. The van der Waals surface area contributed by atoms with Gasteiger partial charge in [0, 0.05) is 30.3 Å². The SMILES string of the molecule is COC(=O)[C@H](C)CC(=O)C[C@H](C)[C@H]1CC(=O)[C@@]2(C)C3=C(C(=O)[C@@H](O)[C@]12C)[C@@]1(C)CC[C@H](O)C(C)(C)[C@H]1C[C@@H]3O. The Kier molecular flexibility index (Phi) is 7.39. The first kappa shape index (κ1) is 30.1. The predicted molar refractivity (Wildman–Crippen MR) is 143 cm³/mol. The second-order valence-electron chi connectivity index (χ2n) is 14.1. The minimum atomic E-state index is -1.47. The average Bonchev–Trinajstić information content (AvgIpc) is 3.07. The van der Waals surface area contributed by atoms with Crippen LogP contribution in [0, 0.1) is 45.3 Å². The molecule has 4 aliphatic rings. The van der Waals surface area contributed by atoms with Gasteiger partial charge in [0.2, 0.25) is 0 Å². The van der Waals surface area contributed by atoms with E-state index in [2.05, 4.69) is 0 Å². The van der Waals surface area contributed by atoms with Gasteiger partial charge in [-0.3, -0.25) is 19.2 Å². The van der Waals surface area contributed by atoms with Crippen molar-refractivity contribution in [2.75, 3.05) is 7.11 Å². The third-order valence-corrected chi connectivity index (χ3v) is 11.9. The number of rotatable bonds is 6. The summed E-state index contributed by atoms with van der Waals surface area (Å²) >= 11 is 0. The van der Waals surface area contributed by atoms with Crippen LogP contribution in [0.3, 0.4) is 0 Å². The Balaban J connectivity index is 1.76. The van der Waals surface area contributed by atoms with Gasteiger partial charge in [0.15, 0.2) is 5.78 Å².